The molecule has 1 aromatic rings. The van der Waals surface area contributed by atoms with Crippen molar-refractivity contribution in [2.75, 3.05) is 6.54 Å². The number of likely N-dealkylation sites (tertiary alicyclic amines) is 1. The molecule has 1 aliphatic carbocycles. The van der Waals surface area contributed by atoms with Gasteiger partial charge in [0, 0.05) is 24.3 Å². The monoisotopic (exact) mass is 259 g/mol. The molecule has 0 atom stereocenters. The lowest BCUT2D eigenvalue weighted by Gasteiger charge is -2.45. The lowest BCUT2D eigenvalue weighted by Crippen LogP contribution is -2.52. The fourth-order valence-corrected chi connectivity index (χ4v) is 4.02. The van der Waals surface area contributed by atoms with E-state index in [0.29, 0.717) is 5.69 Å². The van der Waals surface area contributed by atoms with Crippen LogP contribution >= 0.6 is 0 Å². The van der Waals surface area contributed by atoms with Gasteiger partial charge in [-0.3, -0.25) is 9.48 Å². The Morgan fingerprint density at radius 3 is 2.68 bits per heavy atom. The van der Waals surface area contributed by atoms with E-state index in [9.17, 15) is 4.79 Å². The summed E-state index contributed by atoms with van der Waals surface area (Å²) in [6.45, 7) is 1.91. The van der Waals surface area contributed by atoms with Gasteiger partial charge in [0.05, 0.1) is 0 Å². The molecule has 1 saturated carbocycles. The second-order valence-electron chi connectivity index (χ2n) is 6.34. The van der Waals surface area contributed by atoms with E-state index in [4.69, 9.17) is 0 Å². The number of carbonyl (C=O) groups excluding carboxylic acids is 1. The molecule has 2 fully saturated rings. The molecule has 1 aromatic heterocycles. The van der Waals surface area contributed by atoms with Gasteiger partial charge in [-0.25, -0.2) is 0 Å². The van der Waals surface area contributed by atoms with E-state index in [2.05, 4.69) is 10.00 Å². The zero-order chi connectivity index (χ0) is 12.9. The van der Waals surface area contributed by atoms with E-state index in [-0.39, 0.29) is 11.4 Å². The maximum Gasteiger partial charge on any atom is 0.274 e. The first-order valence-electron chi connectivity index (χ1n) is 7.67. The molecule has 1 saturated heterocycles. The first-order chi connectivity index (χ1) is 9.28. The number of aromatic nitrogens is 2. The van der Waals surface area contributed by atoms with Gasteiger partial charge in [-0.15, -0.1) is 0 Å². The smallest absolute Gasteiger partial charge is 0.274 e. The summed E-state index contributed by atoms with van der Waals surface area (Å²) in [5, 5.41) is 4.54. The van der Waals surface area contributed by atoms with Crippen LogP contribution in [0.15, 0.2) is 6.07 Å². The molecule has 19 heavy (non-hydrogen) atoms. The van der Waals surface area contributed by atoms with E-state index >= 15 is 0 Å². The van der Waals surface area contributed by atoms with Gasteiger partial charge in [0.15, 0.2) is 5.69 Å². The lowest BCUT2D eigenvalue weighted by atomic mass is 9.75. The molecule has 0 N–H and O–H groups in total. The van der Waals surface area contributed by atoms with Gasteiger partial charge in [0.25, 0.3) is 5.91 Å². The van der Waals surface area contributed by atoms with Crippen LogP contribution in [-0.2, 0) is 13.0 Å². The van der Waals surface area contributed by atoms with Crippen molar-refractivity contribution in [3.63, 3.8) is 0 Å². The lowest BCUT2D eigenvalue weighted by molar-refractivity contribution is 0.0361. The number of hydrogen-bond acceptors (Lipinski definition) is 2. The highest BCUT2D eigenvalue weighted by molar-refractivity contribution is 5.93. The minimum absolute atomic E-state index is 0.180. The van der Waals surface area contributed by atoms with Gasteiger partial charge >= 0.3 is 0 Å². The topological polar surface area (TPSA) is 38.1 Å². The van der Waals surface area contributed by atoms with E-state index in [1.54, 1.807) is 0 Å². The van der Waals surface area contributed by atoms with Crippen molar-refractivity contribution >= 4 is 5.91 Å². The second-order valence-corrected chi connectivity index (χ2v) is 6.34. The second kappa shape index (κ2) is 4.09. The van der Waals surface area contributed by atoms with Crippen LogP contribution in [0.1, 0.15) is 61.1 Å². The number of nitrogens with zero attached hydrogens (tertiary/aromatic N) is 3. The Hall–Kier alpha value is -1.32. The number of carbonyl (C=O) groups is 1. The third kappa shape index (κ3) is 1.65. The van der Waals surface area contributed by atoms with Crippen LogP contribution in [0.3, 0.4) is 0 Å². The van der Waals surface area contributed by atoms with Crippen molar-refractivity contribution in [1.82, 2.24) is 14.7 Å². The molecule has 0 radical (unpaired) electrons. The first kappa shape index (κ1) is 11.5. The van der Waals surface area contributed by atoms with Crippen LogP contribution < -0.4 is 0 Å². The summed E-state index contributed by atoms with van der Waals surface area (Å²) in [5.74, 6) is 0.180. The standard InChI is InChI=1S/C15H21N3O/c19-14(17-9-4-8-15(17)6-3-7-15)13-11-12-5-1-2-10-18(12)16-13/h11H,1-10H2. The summed E-state index contributed by atoms with van der Waals surface area (Å²) in [5.41, 5.74) is 2.14. The molecule has 3 heterocycles. The molecule has 0 bridgehead atoms. The number of hydrogen-bond donors (Lipinski definition) is 0. The Kier molecular flexibility index (Phi) is 2.47. The van der Waals surface area contributed by atoms with Crippen molar-refractivity contribution in [3.8, 4) is 0 Å². The average molecular weight is 259 g/mol. The molecule has 2 aliphatic heterocycles. The summed E-state index contributed by atoms with van der Waals surface area (Å²) >= 11 is 0. The number of amides is 1. The Bertz CT molecular complexity index is 492. The fraction of sp³-hybridized carbons (Fsp3) is 0.733. The molecular formula is C15H21N3O. The normalized spacial score (nSPS) is 24.3. The minimum Gasteiger partial charge on any atom is -0.332 e. The van der Waals surface area contributed by atoms with Crippen LogP contribution in [0.2, 0.25) is 0 Å². The maximum atomic E-state index is 12.7. The summed E-state index contributed by atoms with van der Waals surface area (Å²) < 4.78 is 2.04. The van der Waals surface area contributed by atoms with Gasteiger partial charge in [0.1, 0.15) is 0 Å². The largest absolute Gasteiger partial charge is 0.332 e. The van der Waals surface area contributed by atoms with Crippen molar-refractivity contribution in [2.24, 2.45) is 0 Å². The summed E-state index contributed by atoms with van der Waals surface area (Å²) in [4.78, 5) is 14.9. The molecule has 1 amide bonds. The zero-order valence-electron chi connectivity index (χ0n) is 11.4. The molecule has 102 valence electrons. The molecule has 4 nitrogen and oxygen atoms in total. The minimum atomic E-state index is 0.180. The summed E-state index contributed by atoms with van der Waals surface area (Å²) in [7, 11) is 0. The quantitative estimate of drug-likeness (QED) is 0.776. The summed E-state index contributed by atoms with van der Waals surface area (Å²) in [6.07, 6.45) is 9.54. The highest BCUT2D eigenvalue weighted by Gasteiger charge is 2.48. The van der Waals surface area contributed by atoms with E-state index in [0.717, 1.165) is 19.5 Å². The van der Waals surface area contributed by atoms with Crippen molar-refractivity contribution in [1.29, 1.82) is 0 Å². The zero-order valence-corrected chi connectivity index (χ0v) is 11.4. The van der Waals surface area contributed by atoms with Crippen LogP contribution in [0.25, 0.3) is 0 Å². The Labute approximate surface area is 113 Å². The van der Waals surface area contributed by atoms with E-state index < -0.39 is 0 Å². The Morgan fingerprint density at radius 1 is 1.11 bits per heavy atom. The predicted molar refractivity (Wildman–Crippen MR) is 72.0 cm³/mol. The van der Waals surface area contributed by atoms with Gasteiger partial charge in [-0.2, -0.15) is 5.10 Å². The fourth-order valence-electron chi connectivity index (χ4n) is 4.02. The summed E-state index contributed by atoms with van der Waals surface area (Å²) in [6, 6.07) is 2.03. The van der Waals surface area contributed by atoms with Gasteiger partial charge < -0.3 is 4.90 Å². The van der Waals surface area contributed by atoms with Gasteiger partial charge in [-0.05, 0) is 57.4 Å². The average Bonchev–Trinajstić information content (AvgIpc) is 3.01. The third-order valence-corrected chi connectivity index (χ3v) is 5.26. The van der Waals surface area contributed by atoms with Crippen LogP contribution in [0.5, 0.6) is 0 Å². The van der Waals surface area contributed by atoms with Crippen LogP contribution in [-0.4, -0.2) is 32.7 Å². The number of rotatable bonds is 1. The van der Waals surface area contributed by atoms with Crippen LogP contribution in [0.4, 0.5) is 0 Å². The molecular weight excluding hydrogens is 238 g/mol. The van der Waals surface area contributed by atoms with E-state index in [1.807, 2.05) is 10.7 Å². The van der Waals surface area contributed by atoms with Gasteiger partial charge in [-0.1, -0.05) is 0 Å². The molecule has 4 rings (SSSR count). The molecule has 3 aliphatic rings. The Balaban J connectivity index is 1.61. The number of aryl methyl sites for hydroxylation is 2. The molecule has 0 aromatic carbocycles. The highest BCUT2D eigenvalue weighted by Crippen LogP contribution is 2.45. The van der Waals surface area contributed by atoms with Crippen LogP contribution in [0, 0.1) is 0 Å². The van der Waals surface area contributed by atoms with E-state index in [1.165, 1.54) is 50.6 Å². The Morgan fingerprint density at radius 2 is 1.95 bits per heavy atom. The van der Waals surface area contributed by atoms with Crippen molar-refractivity contribution in [2.45, 2.75) is 63.5 Å². The molecule has 4 heteroatoms. The van der Waals surface area contributed by atoms with Crippen molar-refractivity contribution < 1.29 is 4.79 Å². The maximum absolute atomic E-state index is 12.7. The third-order valence-electron chi connectivity index (χ3n) is 5.26. The number of fused-ring (bicyclic) bond motifs is 1. The first-order valence-corrected chi connectivity index (χ1v) is 7.67. The molecule has 1 spiro atoms. The highest BCUT2D eigenvalue weighted by atomic mass is 16.2. The van der Waals surface area contributed by atoms with Crippen molar-refractivity contribution in [3.05, 3.63) is 17.5 Å². The van der Waals surface area contributed by atoms with Gasteiger partial charge in [0.2, 0.25) is 0 Å². The SMILES string of the molecule is O=C(c1cc2n(n1)CCCC2)N1CCCC12CCC2. The molecule has 0 unspecified atom stereocenters. The predicted octanol–water partition coefficient (Wildman–Crippen LogP) is 2.38.